The van der Waals surface area contributed by atoms with Gasteiger partial charge in [0.2, 0.25) is 0 Å². The van der Waals surface area contributed by atoms with Gasteiger partial charge in [-0.3, -0.25) is 4.79 Å². The van der Waals surface area contributed by atoms with E-state index in [-0.39, 0.29) is 11.4 Å². The van der Waals surface area contributed by atoms with Gasteiger partial charge in [0.25, 0.3) is 5.91 Å². The van der Waals surface area contributed by atoms with Crippen LogP contribution in [-0.2, 0) is 11.3 Å². The van der Waals surface area contributed by atoms with Crippen LogP contribution in [0.1, 0.15) is 26.5 Å². The molecule has 2 heterocycles. The summed E-state index contributed by atoms with van der Waals surface area (Å²) < 4.78 is 6.26. The second-order valence-electron chi connectivity index (χ2n) is 5.40. The summed E-state index contributed by atoms with van der Waals surface area (Å²) in [4.78, 5) is 28.0. The standard InChI is InChI=1S/C18H16N4O4/c1-26-11-12-7-8-19-16(9-12)20-17(23)14-10-15(18(24)25)22(21-14)13-5-3-2-4-6-13/h2-10H,11H2,1H3,(H,24,25)(H,19,20,23). The molecule has 2 N–H and O–H groups in total. The molecule has 8 heteroatoms. The SMILES string of the molecule is COCc1ccnc(NC(=O)c2cc(C(=O)O)n(-c3ccccc3)n2)c1. The summed E-state index contributed by atoms with van der Waals surface area (Å²) in [6, 6.07) is 13.4. The fraction of sp³-hybridized carbons (Fsp3) is 0.111. The first-order valence-corrected chi connectivity index (χ1v) is 7.72. The average molecular weight is 352 g/mol. The number of ether oxygens (including phenoxy) is 1. The van der Waals surface area contributed by atoms with Crippen LogP contribution in [0.4, 0.5) is 5.82 Å². The van der Waals surface area contributed by atoms with Gasteiger partial charge in [0, 0.05) is 19.4 Å². The summed E-state index contributed by atoms with van der Waals surface area (Å²) in [6.07, 6.45) is 1.55. The minimum atomic E-state index is -1.18. The molecule has 3 aromatic rings. The predicted octanol–water partition coefficient (Wildman–Crippen LogP) is 2.36. The second-order valence-corrected chi connectivity index (χ2v) is 5.40. The number of aromatic nitrogens is 3. The molecule has 0 fully saturated rings. The quantitative estimate of drug-likeness (QED) is 0.705. The fourth-order valence-corrected chi connectivity index (χ4v) is 2.39. The molecule has 0 saturated heterocycles. The molecule has 8 nitrogen and oxygen atoms in total. The Bertz CT molecular complexity index is 937. The molecular weight excluding hydrogens is 336 g/mol. The number of aromatic carboxylic acids is 1. The Morgan fingerprint density at radius 1 is 1.19 bits per heavy atom. The number of rotatable bonds is 6. The summed E-state index contributed by atoms with van der Waals surface area (Å²) in [5.41, 5.74) is 1.26. The van der Waals surface area contributed by atoms with Crippen molar-refractivity contribution in [1.82, 2.24) is 14.8 Å². The topological polar surface area (TPSA) is 106 Å². The van der Waals surface area contributed by atoms with Gasteiger partial charge in [-0.2, -0.15) is 5.10 Å². The van der Waals surface area contributed by atoms with E-state index in [0.717, 1.165) is 5.56 Å². The first-order chi connectivity index (χ1) is 12.6. The monoisotopic (exact) mass is 352 g/mol. The van der Waals surface area contributed by atoms with Gasteiger partial charge in [-0.25, -0.2) is 14.5 Å². The van der Waals surface area contributed by atoms with E-state index in [1.807, 2.05) is 0 Å². The molecule has 132 valence electrons. The molecule has 0 bridgehead atoms. The Labute approximate surface area is 149 Å². The number of carboxylic acid groups (broad SMARTS) is 1. The van der Waals surface area contributed by atoms with Crippen molar-refractivity contribution in [1.29, 1.82) is 0 Å². The van der Waals surface area contributed by atoms with Crippen molar-refractivity contribution in [2.45, 2.75) is 6.61 Å². The molecule has 0 aliphatic heterocycles. The van der Waals surface area contributed by atoms with E-state index < -0.39 is 11.9 Å². The Morgan fingerprint density at radius 2 is 1.96 bits per heavy atom. The Balaban J connectivity index is 1.88. The van der Waals surface area contributed by atoms with Crippen LogP contribution in [0.25, 0.3) is 5.69 Å². The van der Waals surface area contributed by atoms with Crippen molar-refractivity contribution in [3.05, 3.63) is 71.7 Å². The van der Waals surface area contributed by atoms with Crippen molar-refractivity contribution in [2.75, 3.05) is 12.4 Å². The lowest BCUT2D eigenvalue weighted by atomic mass is 10.2. The maximum atomic E-state index is 12.5. The van der Waals surface area contributed by atoms with Crippen LogP contribution < -0.4 is 5.32 Å². The van der Waals surface area contributed by atoms with E-state index in [4.69, 9.17) is 4.74 Å². The zero-order valence-corrected chi connectivity index (χ0v) is 13.9. The lowest BCUT2D eigenvalue weighted by Crippen LogP contribution is -2.14. The minimum absolute atomic E-state index is 0.0230. The number of nitrogens with one attached hydrogen (secondary N) is 1. The summed E-state index contributed by atoms with van der Waals surface area (Å²) in [6.45, 7) is 0.386. The molecule has 1 aromatic carbocycles. The average Bonchev–Trinajstić information content (AvgIpc) is 3.09. The zero-order chi connectivity index (χ0) is 18.5. The highest BCUT2D eigenvalue weighted by Gasteiger charge is 2.20. The number of hydrogen-bond donors (Lipinski definition) is 2. The van der Waals surface area contributed by atoms with Crippen molar-refractivity contribution in [2.24, 2.45) is 0 Å². The number of carbonyl (C=O) groups excluding carboxylic acids is 1. The van der Waals surface area contributed by atoms with Crippen LogP contribution in [0.15, 0.2) is 54.7 Å². The van der Waals surface area contributed by atoms with Gasteiger partial charge >= 0.3 is 5.97 Å². The zero-order valence-electron chi connectivity index (χ0n) is 13.9. The predicted molar refractivity (Wildman–Crippen MR) is 93.4 cm³/mol. The third kappa shape index (κ3) is 3.76. The van der Waals surface area contributed by atoms with E-state index >= 15 is 0 Å². The highest BCUT2D eigenvalue weighted by atomic mass is 16.5. The van der Waals surface area contributed by atoms with E-state index in [1.165, 1.54) is 10.7 Å². The number of hydrogen-bond acceptors (Lipinski definition) is 5. The van der Waals surface area contributed by atoms with E-state index in [1.54, 1.807) is 55.8 Å². The first kappa shape index (κ1) is 17.3. The number of methoxy groups -OCH3 is 1. The second kappa shape index (κ2) is 7.58. The minimum Gasteiger partial charge on any atom is -0.477 e. The van der Waals surface area contributed by atoms with Gasteiger partial charge in [-0.15, -0.1) is 0 Å². The molecule has 0 aliphatic rings. The molecule has 26 heavy (non-hydrogen) atoms. The molecule has 0 atom stereocenters. The number of nitrogens with zero attached hydrogens (tertiary/aromatic N) is 3. The third-order valence-corrected chi connectivity index (χ3v) is 3.54. The van der Waals surface area contributed by atoms with Crippen molar-refractivity contribution < 1.29 is 19.4 Å². The highest BCUT2D eigenvalue weighted by molar-refractivity contribution is 6.03. The fourth-order valence-electron chi connectivity index (χ4n) is 2.39. The number of carboxylic acids is 1. The van der Waals surface area contributed by atoms with Crippen LogP contribution >= 0.6 is 0 Å². The molecule has 0 aliphatic carbocycles. The number of benzene rings is 1. The van der Waals surface area contributed by atoms with Gasteiger partial charge in [0.05, 0.1) is 12.3 Å². The van der Waals surface area contributed by atoms with Crippen LogP contribution in [0.5, 0.6) is 0 Å². The largest absolute Gasteiger partial charge is 0.477 e. The molecule has 0 unspecified atom stereocenters. The summed E-state index contributed by atoms with van der Waals surface area (Å²) in [5, 5.41) is 16.1. The summed E-state index contributed by atoms with van der Waals surface area (Å²) in [5.74, 6) is -1.40. The summed E-state index contributed by atoms with van der Waals surface area (Å²) >= 11 is 0. The smallest absolute Gasteiger partial charge is 0.354 e. The van der Waals surface area contributed by atoms with Gasteiger partial charge < -0.3 is 15.2 Å². The van der Waals surface area contributed by atoms with Crippen molar-refractivity contribution in [3.8, 4) is 5.69 Å². The molecule has 3 rings (SSSR count). The molecule has 2 aromatic heterocycles. The van der Waals surface area contributed by atoms with Crippen molar-refractivity contribution in [3.63, 3.8) is 0 Å². The number of anilines is 1. The number of amides is 1. The van der Waals surface area contributed by atoms with E-state index in [9.17, 15) is 14.7 Å². The Hall–Kier alpha value is -3.52. The third-order valence-electron chi connectivity index (χ3n) is 3.54. The van der Waals surface area contributed by atoms with Gasteiger partial charge in [-0.1, -0.05) is 18.2 Å². The highest BCUT2D eigenvalue weighted by Crippen LogP contribution is 2.15. The number of carbonyl (C=O) groups is 2. The lowest BCUT2D eigenvalue weighted by Gasteiger charge is -2.05. The molecule has 0 saturated carbocycles. The number of para-hydroxylation sites is 1. The van der Waals surface area contributed by atoms with E-state index in [2.05, 4.69) is 15.4 Å². The molecular formula is C18H16N4O4. The molecule has 0 radical (unpaired) electrons. The molecule has 0 spiro atoms. The molecule has 1 amide bonds. The van der Waals surface area contributed by atoms with Crippen LogP contribution in [0.2, 0.25) is 0 Å². The van der Waals surface area contributed by atoms with E-state index in [0.29, 0.717) is 18.1 Å². The van der Waals surface area contributed by atoms with Crippen LogP contribution in [0, 0.1) is 0 Å². The van der Waals surface area contributed by atoms with Gasteiger partial charge in [0.1, 0.15) is 5.82 Å². The van der Waals surface area contributed by atoms with Crippen molar-refractivity contribution >= 4 is 17.7 Å². The first-order valence-electron chi connectivity index (χ1n) is 7.72. The normalized spacial score (nSPS) is 10.5. The summed E-state index contributed by atoms with van der Waals surface area (Å²) in [7, 11) is 1.57. The van der Waals surface area contributed by atoms with Gasteiger partial charge in [-0.05, 0) is 29.8 Å². The van der Waals surface area contributed by atoms with Crippen LogP contribution in [0.3, 0.4) is 0 Å². The van der Waals surface area contributed by atoms with Crippen LogP contribution in [-0.4, -0.2) is 38.9 Å². The van der Waals surface area contributed by atoms with Gasteiger partial charge in [0.15, 0.2) is 11.4 Å². The Kier molecular flexibility index (Phi) is 5.04. The number of pyridine rings is 1. The maximum absolute atomic E-state index is 12.5. The maximum Gasteiger partial charge on any atom is 0.354 e. The lowest BCUT2D eigenvalue weighted by molar-refractivity contribution is 0.0687. The Morgan fingerprint density at radius 3 is 2.65 bits per heavy atom.